The van der Waals surface area contributed by atoms with E-state index in [0.29, 0.717) is 0 Å². The quantitative estimate of drug-likeness (QED) is 0.198. The maximum Gasteiger partial charge on any atom is 0.438 e. The van der Waals surface area contributed by atoms with Gasteiger partial charge in [0.05, 0.1) is 6.42 Å². The molecule has 1 N–H and O–H groups in total. The third kappa shape index (κ3) is 4.69. The Labute approximate surface area is 192 Å². The molecule has 230 valence electrons. The average molecular weight is 646 g/mol. The minimum Gasteiger partial charge on any atom is -0.281 e. The summed E-state index contributed by atoms with van der Waals surface area (Å²) in [5.74, 6) is -71.5. The summed E-state index contributed by atoms with van der Waals surface area (Å²) >= 11 is 0. The first-order chi connectivity index (χ1) is 15.9. The summed E-state index contributed by atoms with van der Waals surface area (Å²) in [6.45, 7) is 0. The summed E-state index contributed by atoms with van der Waals surface area (Å²) in [6, 6.07) is 0. The lowest BCUT2D eigenvalue weighted by molar-refractivity contribution is -0.461. The summed E-state index contributed by atoms with van der Waals surface area (Å²) in [5.41, 5.74) is 0. The van der Waals surface area contributed by atoms with Gasteiger partial charge in [0.15, 0.2) is 6.17 Å². The molecule has 38 heavy (non-hydrogen) atoms. The van der Waals surface area contributed by atoms with Crippen LogP contribution in [0.1, 0.15) is 6.42 Å². The van der Waals surface area contributed by atoms with Crippen molar-refractivity contribution in [2.75, 3.05) is 0 Å². The molecule has 0 amide bonds. The molecule has 0 aromatic carbocycles. The zero-order valence-electron chi connectivity index (χ0n) is 16.3. The zero-order valence-corrected chi connectivity index (χ0v) is 17.1. The highest BCUT2D eigenvalue weighted by Crippen LogP contribution is 2.65. The second-order valence-electron chi connectivity index (χ2n) is 6.92. The summed E-state index contributed by atoms with van der Waals surface area (Å²) in [7, 11) is -8.11. The minimum absolute atomic E-state index is 3.95. The second kappa shape index (κ2) is 8.94. The summed E-state index contributed by atoms with van der Waals surface area (Å²) in [4.78, 5) is 0. The van der Waals surface area contributed by atoms with Crippen LogP contribution in [0.15, 0.2) is 0 Å². The van der Waals surface area contributed by atoms with Gasteiger partial charge in [0.2, 0.25) is 0 Å². The van der Waals surface area contributed by atoms with Gasteiger partial charge in [-0.25, -0.2) is 4.39 Å². The molecule has 0 radical (unpaired) electrons. The first kappa shape index (κ1) is 36.4. The third-order valence-corrected chi connectivity index (χ3v) is 5.18. The highest BCUT2D eigenvalue weighted by Gasteiger charge is 2.97. The van der Waals surface area contributed by atoms with Crippen molar-refractivity contribution in [1.82, 2.24) is 0 Å². The van der Waals surface area contributed by atoms with Crippen LogP contribution in [0.25, 0.3) is 0 Å². The van der Waals surface area contributed by atoms with Gasteiger partial charge in [-0.15, -0.1) is 0 Å². The molecule has 0 aliphatic heterocycles. The van der Waals surface area contributed by atoms with Crippen molar-refractivity contribution >= 4 is 10.1 Å². The molecular formula is C12H4F22O3S. The Balaban J connectivity index is 7.12. The predicted molar refractivity (Wildman–Crippen MR) is 71.6 cm³/mol. The normalized spacial score (nSPS) is 17.6. The third-order valence-electron chi connectivity index (χ3n) is 4.28. The predicted octanol–water partition coefficient (Wildman–Crippen LogP) is 6.84. The standard InChI is InChI=1S/C12H4F22O3S/c13-2(1-3(14,15)16)4(17,18)5(19,20)6(21,22)7(23,24)8(25,26)9(27,28)10(29,30)11(31,32)12(33,34)38(35,36)37/h2H,1H2,(H,35,36,37). The number of hydrogen-bond acceptors (Lipinski definition) is 2. The molecule has 0 aromatic heterocycles. The van der Waals surface area contributed by atoms with Gasteiger partial charge in [-0.3, -0.25) is 4.55 Å². The highest BCUT2D eigenvalue weighted by molar-refractivity contribution is 7.87. The van der Waals surface area contributed by atoms with Crippen LogP contribution in [0, 0.1) is 0 Å². The lowest BCUT2D eigenvalue weighted by Crippen LogP contribution is -2.76. The fourth-order valence-corrected chi connectivity index (χ4v) is 2.52. The second-order valence-corrected chi connectivity index (χ2v) is 8.39. The van der Waals surface area contributed by atoms with Crippen LogP contribution in [0.4, 0.5) is 96.6 Å². The summed E-state index contributed by atoms with van der Waals surface area (Å²) in [6.07, 6.45) is -16.1. The van der Waals surface area contributed by atoms with E-state index < -0.39 is 81.5 Å². The fraction of sp³-hybridized carbons (Fsp3) is 1.00. The van der Waals surface area contributed by atoms with Crippen molar-refractivity contribution in [1.29, 1.82) is 0 Å². The molecule has 1 atom stereocenters. The van der Waals surface area contributed by atoms with Gasteiger partial charge in [0.1, 0.15) is 0 Å². The molecule has 0 heterocycles. The number of rotatable bonds is 11. The molecule has 0 aromatic rings. The van der Waals surface area contributed by atoms with Crippen LogP contribution >= 0.6 is 0 Å². The van der Waals surface area contributed by atoms with E-state index in [1.807, 2.05) is 0 Å². The van der Waals surface area contributed by atoms with Crippen molar-refractivity contribution in [2.45, 2.75) is 71.4 Å². The highest BCUT2D eigenvalue weighted by atomic mass is 32.2. The largest absolute Gasteiger partial charge is 0.438 e. The Morgan fingerprint density at radius 3 is 0.947 bits per heavy atom. The van der Waals surface area contributed by atoms with Crippen molar-refractivity contribution < 1.29 is 110 Å². The van der Waals surface area contributed by atoms with Crippen molar-refractivity contribution in [2.24, 2.45) is 0 Å². The van der Waals surface area contributed by atoms with Gasteiger partial charge in [0, 0.05) is 0 Å². The Morgan fingerprint density at radius 1 is 0.474 bits per heavy atom. The van der Waals surface area contributed by atoms with E-state index in [-0.39, 0.29) is 0 Å². The molecule has 0 bridgehead atoms. The lowest BCUT2D eigenvalue weighted by Gasteiger charge is -2.44. The molecule has 1 unspecified atom stereocenters. The Morgan fingerprint density at radius 2 is 0.711 bits per heavy atom. The van der Waals surface area contributed by atoms with Crippen molar-refractivity contribution in [3.8, 4) is 0 Å². The van der Waals surface area contributed by atoms with E-state index in [4.69, 9.17) is 4.55 Å². The van der Waals surface area contributed by atoms with Crippen molar-refractivity contribution in [3.63, 3.8) is 0 Å². The van der Waals surface area contributed by atoms with E-state index >= 15 is 0 Å². The van der Waals surface area contributed by atoms with Crippen LogP contribution in [-0.4, -0.2) is 78.0 Å². The minimum atomic E-state index is -9.36. The maximum absolute atomic E-state index is 13.5. The van der Waals surface area contributed by atoms with E-state index in [1.165, 1.54) is 0 Å². The van der Waals surface area contributed by atoms with Crippen LogP contribution in [0.5, 0.6) is 0 Å². The summed E-state index contributed by atoms with van der Waals surface area (Å²) in [5, 5.41) is -8.07. The van der Waals surface area contributed by atoms with Gasteiger partial charge in [-0.2, -0.15) is 101 Å². The Hall–Kier alpha value is -1.63. The molecule has 0 saturated carbocycles. The first-order valence-corrected chi connectivity index (χ1v) is 9.40. The molecule has 26 heteroatoms. The van der Waals surface area contributed by atoms with Crippen LogP contribution in [-0.2, 0) is 10.1 Å². The Bertz CT molecular complexity index is 978. The molecule has 0 saturated heterocycles. The average Bonchev–Trinajstić information content (AvgIpc) is 2.64. The van der Waals surface area contributed by atoms with Gasteiger partial charge in [0.25, 0.3) is 0 Å². The van der Waals surface area contributed by atoms with Crippen LogP contribution in [0.2, 0.25) is 0 Å². The van der Waals surface area contributed by atoms with E-state index in [2.05, 4.69) is 0 Å². The molecule has 0 rings (SSSR count). The monoisotopic (exact) mass is 646 g/mol. The van der Waals surface area contributed by atoms with Gasteiger partial charge in [-0.05, 0) is 0 Å². The molecule has 3 nitrogen and oxygen atoms in total. The lowest BCUT2D eigenvalue weighted by atomic mass is 9.86. The number of hydrogen-bond donors (Lipinski definition) is 1. The van der Waals surface area contributed by atoms with Crippen LogP contribution < -0.4 is 0 Å². The van der Waals surface area contributed by atoms with E-state index in [0.717, 1.165) is 0 Å². The molecular weight excluding hydrogens is 642 g/mol. The number of halogens is 22. The van der Waals surface area contributed by atoms with E-state index in [9.17, 15) is 105 Å². The molecule has 0 aliphatic carbocycles. The van der Waals surface area contributed by atoms with Gasteiger partial charge in [-0.1, -0.05) is 0 Å². The van der Waals surface area contributed by atoms with Gasteiger partial charge >= 0.3 is 68.9 Å². The maximum atomic E-state index is 13.5. The van der Waals surface area contributed by atoms with Crippen LogP contribution in [0.3, 0.4) is 0 Å². The molecule has 0 spiro atoms. The van der Waals surface area contributed by atoms with Gasteiger partial charge < -0.3 is 0 Å². The molecule has 0 aliphatic rings. The fourth-order valence-electron chi connectivity index (χ4n) is 2.07. The van der Waals surface area contributed by atoms with E-state index in [1.54, 1.807) is 0 Å². The van der Waals surface area contributed by atoms with Crippen molar-refractivity contribution in [3.05, 3.63) is 0 Å². The topological polar surface area (TPSA) is 54.4 Å². The first-order valence-electron chi connectivity index (χ1n) is 7.96. The number of alkyl halides is 22. The SMILES string of the molecule is O=S(=O)(O)C(F)(F)C(F)(F)C(F)(F)C(F)(F)C(F)(F)C(F)(F)C(F)(F)C(F)(F)C(F)(F)C(F)CC(F)(F)F. The smallest absolute Gasteiger partial charge is 0.281 e. The Kier molecular flexibility index (Phi) is 8.56. The summed E-state index contributed by atoms with van der Waals surface area (Å²) < 4.78 is 316. The zero-order chi connectivity index (χ0) is 31.8. The molecule has 0 fully saturated rings.